The quantitative estimate of drug-likeness (QED) is 0.822. The molecule has 0 spiro atoms. The molecule has 0 saturated carbocycles. The van der Waals surface area contributed by atoms with Crippen LogP contribution in [0.25, 0.3) is 0 Å². The predicted octanol–water partition coefficient (Wildman–Crippen LogP) is 2.49. The van der Waals surface area contributed by atoms with Gasteiger partial charge < -0.3 is 10.8 Å². The minimum Gasteiger partial charge on any atom is -0.396 e. The maximum absolute atomic E-state index is 13.1. The van der Waals surface area contributed by atoms with Crippen LogP contribution in [-0.2, 0) is 6.42 Å². The second-order valence-electron chi connectivity index (χ2n) is 5.41. The van der Waals surface area contributed by atoms with Crippen molar-refractivity contribution in [1.29, 1.82) is 0 Å². The van der Waals surface area contributed by atoms with Crippen molar-refractivity contribution in [2.45, 2.75) is 26.7 Å². The van der Waals surface area contributed by atoms with Crippen molar-refractivity contribution in [2.75, 3.05) is 13.2 Å². The van der Waals surface area contributed by atoms with Gasteiger partial charge in [-0.2, -0.15) is 0 Å². The van der Waals surface area contributed by atoms with Gasteiger partial charge in [0.05, 0.1) is 6.61 Å². The van der Waals surface area contributed by atoms with E-state index in [9.17, 15) is 13.9 Å². The zero-order valence-electron chi connectivity index (χ0n) is 10.9. The van der Waals surface area contributed by atoms with Crippen LogP contribution in [0.1, 0.15) is 25.8 Å². The molecule has 0 radical (unpaired) electrons. The van der Waals surface area contributed by atoms with Crippen LogP contribution < -0.4 is 5.73 Å². The van der Waals surface area contributed by atoms with Crippen LogP contribution in [0, 0.1) is 23.0 Å². The highest BCUT2D eigenvalue weighted by Crippen LogP contribution is 2.30. The van der Waals surface area contributed by atoms with Gasteiger partial charge in [-0.15, -0.1) is 0 Å². The molecule has 0 bridgehead atoms. The van der Waals surface area contributed by atoms with Crippen molar-refractivity contribution in [3.8, 4) is 0 Å². The Morgan fingerprint density at radius 1 is 1.22 bits per heavy atom. The Balaban J connectivity index is 2.95. The summed E-state index contributed by atoms with van der Waals surface area (Å²) >= 11 is 0. The van der Waals surface area contributed by atoms with E-state index in [2.05, 4.69) is 0 Å². The maximum Gasteiger partial charge on any atom is 0.126 e. The molecule has 0 aliphatic rings. The molecule has 1 aromatic carbocycles. The molecule has 18 heavy (non-hydrogen) atoms. The highest BCUT2D eigenvalue weighted by Gasteiger charge is 2.29. The summed E-state index contributed by atoms with van der Waals surface area (Å²) in [6, 6.07) is 3.43. The van der Waals surface area contributed by atoms with Crippen LogP contribution >= 0.6 is 0 Å². The number of hydrogen-bond acceptors (Lipinski definition) is 2. The summed E-state index contributed by atoms with van der Waals surface area (Å²) in [6.45, 7) is 4.28. The van der Waals surface area contributed by atoms with Crippen LogP contribution in [0.2, 0.25) is 0 Å². The molecule has 0 saturated heterocycles. The van der Waals surface area contributed by atoms with Gasteiger partial charge in [-0.1, -0.05) is 13.8 Å². The van der Waals surface area contributed by atoms with Gasteiger partial charge >= 0.3 is 0 Å². The summed E-state index contributed by atoms with van der Waals surface area (Å²) in [4.78, 5) is 0. The average molecular weight is 257 g/mol. The molecule has 1 aromatic rings. The lowest BCUT2D eigenvalue weighted by Gasteiger charge is -2.32. The summed E-state index contributed by atoms with van der Waals surface area (Å²) in [6.07, 6.45) is 1.10. The van der Waals surface area contributed by atoms with E-state index in [1.165, 1.54) is 12.1 Å². The number of nitrogens with two attached hydrogens (primary N) is 1. The first-order chi connectivity index (χ1) is 8.40. The summed E-state index contributed by atoms with van der Waals surface area (Å²) in [5.41, 5.74) is 5.77. The number of halogens is 2. The largest absolute Gasteiger partial charge is 0.396 e. The summed E-state index contributed by atoms with van der Waals surface area (Å²) < 4.78 is 26.3. The van der Waals surface area contributed by atoms with Gasteiger partial charge in [0.2, 0.25) is 0 Å². The standard InChI is InChI=1S/C14H21F2NO/c1-10(2)6-14(8-17,9-18)7-11-3-12(15)5-13(16)4-11/h3-5,10,18H,6-9,17H2,1-2H3. The minimum atomic E-state index is -0.599. The Hall–Kier alpha value is -1.00. The normalized spacial score (nSPS) is 14.8. The number of hydrogen-bond donors (Lipinski definition) is 2. The van der Waals surface area contributed by atoms with E-state index in [1.54, 1.807) is 0 Å². The van der Waals surface area contributed by atoms with Gasteiger partial charge in [0.25, 0.3) is 0 Å². The molecular weight excluding hydrogens is 236 g/mol. The fraction of sp³-hybridized carbons (Fsp3) is 0.571. The highest BCUT2D eigenvalue weighted by molar-refractivity contribution is 5.19. The van der Waals surface area contributed by atoms with E-state index in [1.807, 2.05) is 13.8 Å². The van der Waals surface area contributed by atoms with Crippen molar-refractivity contribution < 1.29 is 13.9 Å². The van der Waals surface area contributed by atoms with Gasteiger partial charge in [0.1, 0.15) is 11.6 Å². The first-order valence-corrected chi connectivity index (χ1v) is 6.17. The van der Waals surface area contributed by atoms with E-state index >= 15 is 0 Å². The summed E-state index contributed by atoms with van der Waals surface area (Å²) in [5, 5.41) is 9.56. The molecule has 4 heteroatoms. The van der Waals surface area contributed by atoms with E-state index in [-0.39, 0.29) is 6.61 Å². The zero-order valence-corrected chi connectivity index (χ0v) is 10.9. The molecule has 102 valence electrons. The van der Waals surface area contributed by atoms with E-state index in [0.717, 1.165) is 12.5 Å². The molecule has 0 aromatic heterocycles. The molecule has 1 unspecified atom stereocenters. The molecular formula is C14H21F2NO. The Kier molecular flexibility index (Phi) is 5.23. The SMILES string of the molecule is CC(C)CC(CN)(CO)Cc1cc(F)cc(F)c1. The predicted molar refractivity (Wildman–Crippen MR) is 68.1 cm³/mol. The lowest BCUT2D eigenvalue weighted by molar-refractivity contribution is 0.108. The Bertz CT molecular complexity index is 369. The molecule has 0 heterocycles. The van der Waals surface area contributed by atoms with Crippen molar-refractivity contribution in [2.24, 2.45) is 17.1 Å². The van der Waals surface area contributed by atoms with Gasteiger partial charge in [-0.25, -0.2) is 8.78 Å². The third-order valence-electron chi connectivity index (χ3n) is 3.11. The van der Waals surface area contributed by atoms with Gasteiger partial charge in [-0.05, 0) is 36.5 Å². The topological polar surface area (TPSA) is 46.2 Å². The van der Waals surface area contributed by atoms with E-state index in [0.29, 0.717) is 24.4 Å². The van der Waals surface area contributed by atoms with Crippen molar-refractivity contribution in [3.05, 3.63) is 35.4 Å². The fourth-order valence-electron chi connectivity index (χ4n) is 2.42. The van der Waals surface area contributed by atoms with Crippen LogP contribution in [0.5, 0.6) is 0 Å². The third kappa shape index (κ3) is 4.03. The molecule has 1 atom stereocenters. The molecule has 2 nitrogen and oxygen atoms in total. The molecule has 1 rings (SSSR count). The van der Waals surface area contributed by atoms with Gasteiger partial charge in [0.15, 0.2) is 0 Å². The number of rotatable bonds is 6. The summed E-state index contributed by atoms with van der Waals surface area (Å²) in [5.74, 6) is -0.837. The van der Waals surface area contributed by atoms with E-state index < -0.39 is 17.0 Å². The van der Waals surface area contributed by atoms with Crippen molar-refractivity contribution in [3.63, 3.8) is 0 Å². The smallest absolute Gasteiger partial charge is 0.126 e. The Morgan fingerprint density at radius 3 is 2.17 bits per heavy atom. The average Bonchev–Trinajstić information content (AvgIpc) is 2.26. The highest BCUT2D eigenvalue weighted by atomic mass is 19.1. The maximum atomic E-state index is 13.1. The Labute approximate surface area is 107 Å². The van der Waals surface area contributed by atoms with Crippen LogP contribution in [0.15, 0.2) is 18.2 Å². The lowest BCUT2D eigenvalue weighted by atomic mass is 9.76. The van der Waals surface area contributed by atoms with Gasteiger partial charge in [0, 0.05) is 18.0 Å². The Morgan fingerprint density at radius 2 is 1.78 bits per heavy atom. The van der Waals surface area contributed by atoms with Gasteiger partial charge in [-0.3, -0.25) is 0 Å². The zero-order chi connectivity index (χ0) is 13.8. The number of aliphatic hydroxyl groups excluding tert-OH is 1. The molecule has 0 aliphatic heterocycles. The van der Waals surface area contributed by atoms with E-state index in [4.69, 9.17) is 5.73 Å². The first-order valence-electron chi connectivity index (χ1n) is 6.17. The molecule has 0 amide bonds. The monoisotopic (exact) mass is 257 g/mol. The second kappa shape index (κ2) is 6.25. The van der Waals surface area contributed by atoms with Crippen molar-refractivity contribution in [1.82, 2.24) is 0 Å². The van der Waals surface area contributed by atoms with Crippen LogP contribution in [0.3, 0.4) is 0 Å². The minimum absolute atomic E-state index is 0.0835. The number of aliphatic hydroxyl groups is 1. The molecule has 3 N–H and O–H groups in total. The van der Waals surface area contributed by atoms with Crippen molar-refractivity contribution >= 4 is 0 Å². The van der Waals surface area contributed by atoms with Crippen LogP contribution in [-0.4, -0.2) is 18.3 Å². The molecule has 0 fully saturated rings. The van der Waals surface area contributed by atoms with Crippen LogP contribution in [0.4, 0.5) is 8.78 Å². The number of benzene rings is 1. The second-order valence-corrected chi connectivity index (χ2v) is 5.41. The fourth-order valence-corrected chi connectivity index (χ4v) is 2.42. The lowest BCUT2D eigenvalue weighted by Crippen LogP contribution is -2.37. The summed E-state index contributed by atoms with van der Waals surface area (Å²) in [7, 11) is 0. The first kappa shape index (κ1) is 15.1. The molecule has 0 aliphatic carbocycles. The third-order valence-corrected chi connectivity index (χ3v) is 3.11.